The van der Waals surface area contributed by atoms with E-state index < -0.39 is 0 Å². The average Bonchev–Trinajstić information content (AvgIpc) is 3.26. The van der Waals surface area contributed by atoms with Crippen LogP contribution in [0.25, 0.3) is 21.1 Å². The fourth-order valence-electron chi connectivity index (χ4n) is 3.07. The first-order valence-electron chi connectivity index (χ1n) is 7.66. The number of carbonyl (C=O) groups excluding carboxylic acids is 1. The molecule has 24 heavy (non-hydrogen) atoms. The van der Waals surface area contributed by atoms with E-state index in [0.717, 1.165) is 15.5 Å². The third-order valence-corrected chi connectivity index (χ3v) is 5.13. The van der Waals surface area contributed by atoms with E-state index in [1.54, 1.807) is 36.5 Å². The van der Waals surface area contributed by atoms with Crippen LogP contribution in [0.15, 0.2) is 21.9 Å². The minimum Gasteiger partial charge on any atom is -0.494 e. The second-order valence-corrected chi connectivity index (χ2v) is 6.40. The van der Waals surface area contributed by atoms with Gasteiger partial charge in [0.15, 0.2) is 17.1 Å². The molecule has 3 heterocycles. The number of carbonyl (C=O) groups is 1. The third kappa shape index (κ3) is 2.23. The maximum Gasteiger partial charge on any atom is 0.289 e. The number of thiophene rings is 1. The summed E-state index contributed by atoms with van der Waals surface area (Å²) in [4.78, 5) is 14.4. The average molecular weight is 347 g/mol. The van der Waals surface area contributed by atoms with E-state index in [0.29, 0.717) is 49.1 Å². The number of fused-ring (bicyclic) bond motifs is 2. The molecule has 0 spiro atoms. The predicted molar refractivity (Wildman–Crippen MR) is 91.4 cm³/mol. The van der Waals surface area contributed by atoms with Gasteiger partial charge >= 0.3 is 0 Å². The van der Waals surface area contributed by atoms with Crippen molar-refractivity contribution < 1.29 is 23.4 Å². The Labute approximate surface area is 142 Å². The van der Waals surface area contributed by atoms with E-state index in [2.05, 4.69) is 0 Å². The van der Waals surface area contributed by atoms with Crippen LogP contribution in [0.5, 0.6) is 11.5 Å². The van der Waals surface area contributed by atoms with Gasteiger partial charge in [-0.1, -0.05) is 0 Å². The summed E-state index contributed by atoms with van der Waals surface area (Å²) >= 11 is 1.57. The Balaban J connectivity index is 1.89. The topological polar surface area (TPSA) is 61.1 Å². The van der Waals surface area contributed by atoms with Crippen molar-refractivity contribution in [3.63, 3.8) is 0 Å². The smallest absolute Gasteiger partial charge is 0.289 e. The largest absolute Gasteiger partial charge is 0.494 e. The van der Waals surface area contributed by atoms with Crippen molar-refractivity contribution in [3.8, 4) is 11.5 Å². The zero-order chi connectivity index (χ0) is 16.7. The van der Waals surface area contributed by atoms with Crippen LogP contribution in [0.1, 0.15) is 10.6 Å². The number of amides is 1. The van der Waals surface area contributed by atoms with Crippen molar-refractivity contribution in [1.82, 2.24) is 4.90 Å². The number of nitrogens with zero attached hydrogens (tertiary/aromatic N) is 1. The molecule has 7 heteroatoms. The lowest BCUT2D eigenvalue weighted by molar-refractivity contribution is 0.0284. The molecule has 0 bridgehead atoms. The van der Waals surface area contributed by atoms with E-state index >= 15 is 0 Å². The number of hydrogen-bond donors (Lipinski definition) is 0. The summed E-state index contributed by atoms with van der Waals surface area (Å²) in [6.45, 7) is 2.24. The molecule has 2 aromatic heterocycles. The van der Waals surface area contributed by atoms with E-state index in [1.165, 1.54) is 0 Å². The van der Waals surface area contributed by atoms with E-state index in [9.17, 15) is 4.79 Å². The SMILES string of the molecule is COc1c2ccsc2c(OC)c2cc(C(=O)N3CCOCC3)oc12. The molecule has 1 fully saturated rings. The van der Waals surface area contributed by atoms with Crippen LogP contribution in [-0.2, 0) is 4.74 Å². The van der Waals surface area contributed by atoms with Gasteiger partial charge in [-0.3, -0.25) is 4.79 Å². The van der Waals surface area contributed by atoms with E-state index in [-0.39, 0.29) is 5.91 Å². The maximum absolute atomic E-state index is 12.7. The number of ether oxygens (including phenoxy) is 3. The minimum absolute atomic E-state index is 0.137. The lowest BCUT2D eigenvalue weighted by atomic mass is 10.1. The summed E-state index contributed by atoms with van der Waals surface area (Å²) < 4.78 is 23.3. The highest BCUT2D eigenvalue weighted by Crippen LogP contribution is 2.46. The normalized spacial score (nSPS) is 15.2. The van der Waals surface area contributed by atoms with Crippen LogP contribution in [0.2, 0.25) is 0 Å². The first-order chi connectivity index (χ1) is 11.7. The van der Waals surface area contributed by atoms with Crippen molar-refractivity contribution >= 4 is 38.3 Å². The zero-order valence-electron chi connectivity index (χ0n) is 13.5. The second-order valence-electron chi connectivity index (χ2n) is 5.49. The number of morpholine rings is 1. The van der Waals surface area contributed by atoms with Crippen molar-refractivity contribution in [2.75, 3.05) is 40.5 Å². The Morgan fingerprint density at radius 1 is 1.17 bits per heavy atom. The van der Waals surface area contributed by atoms with Crippen LogP contribution < -0.4 is 9.47 Å². The third-order valence-electron chi connectivity index (χ3n) is 4.22. The summed E-state index contributed by atoms with van der Waals surface area (Å²) in [6.07, 6.45) is 0. The standard InChI is InChI=1S/C17H17NO5S/c1-20-13-10-3-8-24-16(10)15(21-2)11-9-12(23-14(11)13)17(19)18-4-6-22-7-5-18/h3,8-9H,4-7H2,1-2H3. The van der Waals surface area contributed by atoms with Crippen molar-refractivity contribution in [2.45, 2.75) is 0 Å². The molecule has 0 radical (unpaired) electrons. The number of rotatable bonds is 3. The van der Waals surface area contributed by atoms with Gasteiger partial charge in [-0.15, -0.1) is 11.3 Å². The van der Waals surface area contributed by atoms with Crippen LogP contribution in [0, 0.1) is 0 Å². The monoisotopic (exact) mass is 347 g/mol. The Morgan fingerprint density at radius 2 is 1.92 bits per heavy atom. The molecule has 6 nitrogen and oxygen atoms in total. The molecule has 1 saturated heterocycles. The molecule has 1 aliphatic rings. The van der Waals surface area contributed by atoms with Crippen molar-refractivity contribution in [1.29, 1.82) is 0 Å². The lowest BCUT2D eigenvalue weighted by Crippen LogP contribution is -2.40. The molecule has 0 atom stereocenters. The van der Waals surface area contributed by atoms with Crippen molar-refractivity contribution in [2.24, 2.45) is 0 Å². The number of furan rings is 1. The van der Waals surface area contributed by atoms with Gasteiger partial charge in [0.05, 0.1) is 37.5 Å². The second kappa shape index (κ2) is 5.99. The zero-order valence-corrected chi connectivity index (χ0v) is 14.3. The Hall–Kier alpha value is -2.25. The summed E-state index contributed by atoms with van der Waals surface area (Å²) in [6, 6.07) is 3.71. The number of benzene rings is 1. The van der Waals surface area contributed by atoms with Gasteiger partial charge < -0.3 is 23.5 Å². The maximum atomic E-state index is 12.7. The fourth-order valence-corrected chi connectivity index (χ4v) is 4.00. The molecule has 0 aliphatic carbocycles. The highest BCUT2D eigenvalue weighted by molar-refractivity contribution is 7.17. The van der Waals surface area contributed by atoms with Crippen LogP contribution in [0.3, 0.4) is 0 Å². The molecule has 4 rings (SSSR count). The van der Waals surface area contributed by atoms with Crippen molar-refractivity contribution in [3.05, 3.63) is 23.3 Å². The number of hydrogen-bond acceptors (Lipinski definition) is 6. The molecule has 126 valence electrons. The van der Waals surface area contributed by atoms with Gasteiger partial charge in [0.2, 0.25) is 0 Å². The predicted octanol–water partition coefficient (Wildman–Crippen LogP) is 3.14. The first-order valence-corrected chi connectivity index (χ1v) is 8.54. The van der Waals surface area contributed by atoms with Crippen LogP contribution in [-0.4, -0.2) is 51.3 Å². The van der Waals surface area contributed by atoms with Gasteiger partial charge in [0, 0.05) is 24.5 Å². The van der Waals surface area contributed by atoms with E-state index in [1.807, 2.05) is 11.4 Å². The summed E-state index contributed by atoms with van der Waals surface area (Å²) in [5, 5.41) is 3.65. The molecular formula is C17H17NO5S. The summed E-state index contributed by atoms with van der Waals surface area (Å²) in [5.74, 6) is 1.49. The minimum atomic E-state index is -0.137. The molecule has 1 amide bonds. The summed E-state index contributed by atoms with van der Waals surface area (Å²) in [7, 11) is 3.22. The molecule has 0 saturated carbocycles. The molecule has 3 aromatic rings. The van der Waals surface area contributed by atoms with E-state index in [4.69, 9.17) is 18.6 Å². The van der Waals surface area contributed by atoms with Gasteiger partial charge in [-0.05, 0) is 11.4 Å². The number of methoxy groups -OCH3 is 2. The molecule has 1 aromatic carbocycles. The molecule has 0 unspecified atom stereocenters. The molecule has 1 aliphatic heterocycles. The highest BCUT2D eigenvalue weighted by atomic mass is 32.1. The van der Waals surface area contributed by atoms with Crippen LogP contribution >= 0.6 is 11.3 Å². The summed E-state index contributed by atoms with van der Waals surface area (Å²) in [5.41, 5.74) is 0.539. The van der Waals surface area contributed by atoms with Crippen LogP contribution in [0.4, 0.5) is 0 Å². The lowest BCUT2D eigenvalue weighted by Gasteiger charge is -2.25. The molecular weight excluding hydrogens is 330 g/mol. The Morgan fingerprint density at radius 3 is 2.62 bits per heavy atom. The quantitative estimate of drug-likeness (QED) is 0.728. The fraction of sp³-hybridized carbons (Fsp3) is 0.353. The Bertz CT molecular complexity index is 851. The first kappa shape index (κ1) is 15.3. The highest BCUT2D eigenvalue weighted by Gasteiger charge is 2.26. The van der Waals surface area contributed by atoms with Gasteiger partial charge in [0.25, 0.3) is 5.91 Å². The van der Waals surface area contributed by atoms with Gasteiger partial charge in [-0.25, -0.2) is 0 Å². The van der Waals surface area contributed by atoms with Gasteiger partial charge in [-0.2, -0.15) is 0 Å². The van der Waals surface area contributed by atoms with Gasteiger partial charge in [0.1, 0.15) is 5.75 Å². The molecule has 0 N–H and O–H groups in total. The Kier molecular flexibility index (Phi) is 3.82.